The van der Waals surface area contributed by atoms with Crippen molar-refractivity contribution >= 4 is 0 Å². The molecule has 0 aliphatic rings. The second kappa shape index (κ2) is 6.76. The third-order valence-corrected chi connectivity index (χ3v) is 2.51. The van der Waals surface area contributed by atoms with Crippen molar-refractivity contribution in [1.29, 1.82) is 0 Å². The van der Waals surface area contributed by atoms with E-state index in [1.165, 1.54) is 0 Å². The summed E-state index contributed by atoms with van der Waals surface area (Å²) < 4.78 is 7.40. The van der Waals surface area contributed by atoms with E-state index in [0.717, 1.165) is 31.1 Å². The fourth-order valence-electron chi connectivity index (χ4n) is 1.55. The number of hydrogen-bond donors (Lipinski definition) is 1. The first-order valence-electron chi connectivity index (χ1n) is 6.14. The summed E-state index contributed by atoms with van der Waals surface area (Å²) in [5, 5.41) is 7.42. The van der Waals surface area contributed by atoms with E-state index in [0.29, 0.717) is 6.61 Å². The molecule has 0 saturated carbocycles. The van der Waals surface area contributed by atoms with Crippen molar-refractivity contribution < 1.29 is 4.74 Å². The first-order valence-corrected chi connectivity index (χ1v) is 6.14. The number of nitrogens with one attached hydrogen (secondary N) is 1. The Kier molecular flexibility index (Phi) is 4.72. The molecule has 0 bridgehead atoms. The molecule has 0 unspecified atom stereocenters. The molecule has 0 saturated heterocycles. The van der Waals surface area contributed by atoms with Crippen LogP contribution in [0.1, 0.15) is 12.6 Å². The summed E-state index contributed by atoms with van der Waals surface area (Å²) in [5.74, 6) is 0.816. The van der Waals surface area contributed by atoms with Crippen molar-refractivity contribution in [2.24, 2.45) is 0 Å². The van der Waals surface area contributed by atoms with Gasteiger partial charge in [-0.3, -0.25) is 9.67 Å². The summed E-state index contributed by atoms with van der Waals surface area (Å²) in [7, 11) is 0. The van der Waals surface area contributed by atoms with Gasteiger partial charge in [-0.2, -0.15) is 5.10 Å². The smallest absolute Gasteiger partial charge is 0.157 e. The maximum atomic E-state index is 5.56. The highest BCUT2D eigenvalue weighted by atomic mass is 16.5. The normalized spacial score (nSPS) is 10.5. The Morgan fingerprint density at radius 3 is 3.06 bits per heavy atom. The van der Waals surface area contributed by atoms with Gasteiger partial charge in [-0.15, -0.1) is 0 Å². The zero-order chi connectivity index (χ0) is 12.6. The third-order valence-electron chi connectivity index (χ3n) is 2.51. The van der Waals surface area contributed by atoms with Gasteiger partial charge in [-0.05, 0) is 19.1 Å². The lowest BCUT2D eigenvalue weighted by Gasteiger charge is -2.05. The van der Waals surface area contributed by atoms with Crippen LogP contribution in [0.5, 0.6) is 5.75 Å². The largest absolute Gasteiger partial charge is 0.489 e. The standard InChI is InChI=1S/C13H18N4O/c1-2-17-11-13(10-16-17)18-8-7-14-9-12-5-3-4-6-15-12/h3-6,10-11,14H,2,7-9H2,1H3. The summed E-state index contributed by atoms with van der Waals surface area (Å²) in [4.78, 5) is 4.23. The number of aromatic nitrogens is 3. The quantitative estimate of drug-likeness (QED) is 0.752. The third kappa shape index (κ3) is 3.85. The van der Waals surface area contributed by atoms with Gasteiger partial charge >= 0.3 is 0 Å². The Labute approximate surface area is 107 Å². The molecule has 0 spiro atoms. The van der Waals surface area contributed by atoms with Gasteiger partial charge in [0.15, 0.2) is 5.75 Å². The molecule has 0 radical (unpaired) electrons. The van der Waals surface area contributed by atoms with Crippen LogP contribution in [0.3, 0.4) is 0 Å². The Morgan fingerprint density at radius 2 is 2.33 bits per heavy atom. The number of rotatable bonds is 7. The lowest BCUT2D eigenvalue weighted by atomic mass is 10.3. The predicted octanol–water partition coefficient (Wildman–Crippen LogP) is 1.47. The van der Waals surface area contributed by atoms with E-state index in [4.69, 9.17) is 4.74 Å². The SMILES string of the molecule is CCn1cc(OCCNCc2ccccn2)cn1. The number of pyridine rings is 1. The van der Waals surface area contributed by atoms with Crippen LogP contribution < -0.4 is 10.1 Å². The van der Waals surface area contributed by atoms with Gasteiger partial charge in [-0.1, -0.05) is 6.07 Å². The highest BCUT2D eigenvalue weighted by Gasteiger charge is 1.97. The van der Waals surface area contributed by atoms with Crippen LogP contribution in [0.15, 0.2) is 36.8 Å². The van der Waals surface area contributed by atoms with Gasteiger partial charge in [0.05, 0.1) is 18.1 Å². The van der Waals surface area contributed by atoms with Crippen LogP contribution in [-0.2, 0) is 13.1 Å². The van der Waals surface area contributed by atoms with Gasteiger partial charge in [0.2, 0.25) is 0 Å². The van der Waals surface area contributed by atoms with Crippen LogP contribution in [0.2, 0.25) is 0 Å². The van der Waals surface area contributed by atoms with Crippen LogP contribution in [0.4, 0.5) is 0 Å². The molecule has 1 N–H and O–H groups in total. The Morgan fingerprint density at radius 1 is 1.39 bits per heavy atom. The highest BCUT2D eigenvalue weighted by Crippen LogP contribution is 2.07. The van der Waals surface area contributed by atoms with Crippen molar-refractivity contribution in [3.05, 3.63) is 42.5 Å². The van der Waals surface area contributed by atoms with Gasteiger partial charge in [0.25, 0.3) is 0 Å². The van der Waals surface area contributed by atoms with Gasteiger partial charge in [-0.25, -0.2) is 0 Å². The molecule has 2 aromatic heterocycles. The van der Waals surface area contributed by atoms with Crippen LogP contribution in [-0.4, -0.2) is 27.9 Å². The zero-order valence-corrected chi connectivity index (χ0v) is 10.5. The van der Waals surface area contributed by atoms with Crippen molar-refractivity contribution in [2.75, 3.05) is 13.2 Å². The highest BCUT2D eigenvalue weighted by molar-refractivity contribution is 5.11. The first kappa shape index (κ1) is 12.6. The molecule has 0 aliphatic carbocycles. The summed E-state index contributed by atoms with van der Waals surface area (Å²) in [6.07, 6.45) is 5.44. The molecule has 0 atom stereocenters. The number of ether oxygens (including phenoxy) is 1. The summed E-state index contributed by atoms with van der Waals surface area (Å²) in [5.41, 5.74) is 1.04. The van der Waals surface area contributed by atoms with Crippen molar-refractivity contribution in [3.8, 4) is 5.75 Å². The van der Waals surface area contributed by atoms with Crippen LogP contribution in [0.25, 0.3) is 0 Å². The predicted molar refractivity (Wildman–Crippen MR) is 69.3 cm³/mol. The van der Waals surface area contributed by atoms with Crippen molar-refractivity contribution in [1.82, 2.24) is 20.1 Å². The Hall–Kier alpha value is -1.88. The minimum absolute atomic E-state index is 0.627. The van der Waals surface area contributed by atoms with E-state index in [9.17, 15) is 0 Å². The van der Waals surface area contributed by atoms with Gasteiger partial charge < -0.3 is 10.1 Å². The van der Waals surface area contributed by atoms with E-state index in [-0.39, 0.29) is 0 Å². The minimum Gasteiger partial charge on any atom is -0.489 e. The number of nitrogens with zero attached hydrogens (tertiary/aromatic N) is 3. The molecule has 0 aliphatic heterocycles. The Bertz CT molecular complexity index is 455. The molecule has 96 valence electrons. The lowest BCUT2D eigenvalue weighted by Crippen LogP contribution is -2.20. The van der Waals surface area contributed by atoms with Crippen LogP contribution in [0, 0.1) is 0 Å². The monoisotopic (exact) mass is 246 g/mol. The molecule has 5 heteroatoms. The molecular weight excluding hydrogens is 228 g/mol. The molecule has 2 aromatic rings. The minimum atomic E-state index is 0.627. The maximum Gasteiger partial charge on any atom is 0.157 e. The summed E-state index contributed by atoms with van der Waals surface area (Å²) in [6, 6.07) is 5.90. The van der Waals surface area contributed by atoms with Gasteiger partial charge in [0.1, 0.15) is 6.61 Å². The zero-order valence-electron chi connectivity index (χ0n) is 10.5. The van der Waals surface area contributed by atoms with Gasteiger partial charge in [0, 0.05) is 25.8 Å². The summed E-state index contributed by atoms with van der Waals surface area (Å²) >= 11 is 0. The van der Waals surface area contributed by atoms with Crippen molar-refractivity contribution in [2.45, 2.75) is 20.0 Å². The summed E-state index contributed by atoms with van der Waals surface area (Å²) in [6.45, 7) is 5.08. The topological polar surface area (TPSA) is 52.0 Å². The maximum absolute atomic E-state index is 5.56. The molecule has 18 heavy (non-hydrogen) atoms. The van der Waals surface area contributed by atoms with E-state index >= 15 is 0 Å². The molecular formula is C13H18N4O. The average molecular weight is 246 g/mol. The van der Waals surface area contributed by atoms with E-state index in [1.807, 2.05) is 36.0 Å². The van der Waals surface area contributed by atoms with E-state index < -0.39 is 0 Å². The van der Waals surface area contributed by atoms with Crippen LogP contribution >= 0.6 is 0 Å². The molecule has 0 amide bonds. The number of hydrogen-bond acceptors (Lipinski definition) is 4. The fourth-order valence-corrected chi connectivity index (χ4v) is 1.55. The molecule has 0 fully saturated rings. The number of aryl methyl sites for hydroxylation is 1. The van der Waals surface area contributed by atoms with E-state index in [1.54, 1.807) is 12.4 Å². The van der Waals surface area contributed by atoms with E-state index in [2.05, 4.69) is 15.4 Å². The average Bonchev–Trinajstić information content (AvgIpc) is 2.87. The molecule has 0 aromatic carbocycles. The molecule has 5 nitrogen and oxygen atoms in total. The second-order valence-corrected chi connectivity index (χ2v) is 3.88. The first-order chi connectivity index (χ1) is 8.88. The Balaban J connectivity index is 1.61. The molecule has 2 rings (SSSR count). The fraction of sp³-hybridized carbons (Fsp3) is 0.385. The molecule has 2 heterocycles. The second-order valence-electron chi connectivity index (χ2n) is 3.88. The van der Waals surface area contributed by atoms with Crippen molar-refractivity contribution in [3.63, 3.8) is 0 Å². The lowest BCUT2D eigenvalue weighted by molar-refractivity contribution is 0.313.